The number of aryl methyl sites for hydroxylation is 1. The lowest BCUT2D eigenvalue weighted by molar-refractivity contribution is 0.284. The number of phenolic OH excluding ortho intramolecular Hbond substituents is 1. The summed E-state index contributed by atoms with van der Waals surface area (Å²) in [6.07, 6.45) is 0.685. The van der Waals surface area contributed by atoms with Crippen molar-refractivity contribution in [1.29, 1.82) is 0 Å². The van der Waals surface area contributed by atoms with Gasteiger partial charge in [0, 0.05) is 12.1 Å². The van der Waals surface area contributed by atoms with Crippen LogP contribution in [0, 0.1) is 0 Å². The fourth-order valence-electron chi connectivity index (χ4n) is 4.34. The van der Waals surface area contributed by atoms with Gasteiger partial charge in [0.05, 0.1) is 25.3 Å². The van der Waals surface area contributed by atoms with Crippen LogP contribution in [-0.4, -0.2) is 23.9 Å². The minimum Gasteiger partial charge on any atom is -0.504 e. The molecule has 1 aromatic heterocycles. The van der Waals surface area contributed by atoms with Gasteiger partial charge in [-0.2, -0.15) is 0 Å². The fraction of sp³-hybridized carbons (Fsp3) is 0.192. The fourth-order valence-corrected chi connectivity index (χ4v) is 4.34. The molecule has 5 rings (SSSR count). The van der Waals surface area contributed by atoms with Crippen LogP contribution in [0.4, 0.5) is 0 Å². The van der Waals surface area contributed by atoms with Crippen LogP contribution in [0.3, 0.4) is 0 Å². The van der Waals surface area contributed by atoms with E-state index in [9.17, 15) is 9.90 Å². The van der Waals surface area contributed by atoms with E-state index in [-0.39, 0.29) is 17.1 Å². The number of rotatable bonds is 5. The average molecular weight is 429 g/mol. The molecule has 0 saturated heterocycles. The molecule has 0 saturated carbocycles. The number of pyridine rings is 1. The SMILES string of the molecule is COc1cc2c(cc1OCc1ccccc1)-c1cc3ccc(O)c(OC)c3c(=O)n1CC2. The maximum atomic E-state index is 13.3. The summed E-state index contributed by atoms with van der Waals surface area (Å²) < 4.78 is 18.7. The Morgan fingerprint density at radius 1 is 0.969 bits per heavy atom. The van der Waals surface area contributed by atoms with Crippen molar-refractivity contribution in [3.63, 3.8) is 0 Å². The Morgan fingerprint density at radius 2 is 1.78 bits per heavy atom. The van der Waals surface area contributed by atoms with E-state index >= 15 is 0 Å². The van der Waals surface area contributed by atoms with Gasteiger partial charge in [-0.1, -0.05) is 36.4 Å². The number of aromatic hydroxyl groups is 1. The van der Waals surface area contributed by atoms with Gasteiger partial charge in [0.15, 0.2) is 23.0 Å². The van der Waals surface area contributed by atoms with Crippen LogP contribution in [0.1, 0.15) is 11.1 Å². The zero-order chi connectivity index (χ0) is 22.2. The molecular formula is C26H23NO5. The van der Waals surface area contributed by atoms with Crippen LogP contribution in [0.15, 0.2) is 65.5 Å². The second-order valence-corrected chi connectivity index (χ2v) is 7.75. The smallest absolute Gasteiger partial charge is 0.262 e. The second kappa shape index (κ2) is 7.96. The monoisotopic (exact) mass is 429 g/mol. The van der Waals surface area contributed by atoms with Gasteiger partial charge >= 0.3 is 0 Å². The second-order valence-electron chi connectivity index (χ2n) is 7.75. The van der Waals surface area contributed by atoms with E-state index < -0.39 is 0 Å². The molecule has 3 aromatic carbocycles. The van der Waals surface area contributed by atoms with Gasteiger partial charge in [-0.05, 0) is 47.2 Å². The van der Waals surface area contributed by atoms with Crippen molar-refractivity contribution < 1.29 is 19.3 Å². The highest BCUT2D eigenvalue weighted by Crippen LogP contribution is 2.40. The molecule has 6 nitrogen and oxygen atoms in total. The molecule has 0 spiro atoms. The zero-order valence-electron chi connectivity index (χ0n) is 17.9. The molecule has 0 bridgehead atoms. The van der Waals surface area contributed by atoms with Crippen molar-refractivity contribution in [2.45, 2.75) is 19.6 Å². The van der Waals surface area contributed by atoms with E-state index in [2.05, 4.69) is 0 Å². The minimum atomic E-state index is -0.182. The highest BCUT2D eigenvalue weighted by Gasteiger charge is 2.23. The van der Waals surface area contributed by atoms with E-state index in [0.717, 1.165) is 22.4 Å². The van der Waals surface area contributed by atoms with Crippen molar-refractivity contribution in [3.05, 3.63) is 82.1 Å². The van der Waals surface area contributed by atoms with Gasteiger partial charge in [-0.3, -0.25) is 4.79 Å². The number of hydrogen-bond acceptors (Lipinski definition) is 5. The molecule has 1 N–H and O–H groups in total. The van der Waals surface area contributed by atoms with E-state index in [1.165, 1.54) is 7.11 Å². The lowest BCUT2D eigenvalue weighted by Gasteiger charge is -2.24. The van der Waals surface area contributed by atoms with Gasteiger partial charge in [-0.15, -0.1) is 0 Å². The molecule has 0 amide bonds. The first-order valence-corrected chi connectivity index (χ1v) is 10.4. The minimum absolute atomic E-state index is 0.0461. The number of methoxy groups -OCH3 is 2. The van der Waals surface area contributed by atoms with E-state index in [1.807, 2.05) is 48.5 Å². The Kier molecular flexibility index (Phi) is 4.98. The van der Waals surface area contributed by atoms with Gasteiger partial charge < -0.3 is 23.9 Å². The number of fused-ring (bicyclic) bond motifs is 4. The highest BCUT2D eigenvalue weighted by atomic mass is 16.5. The standard InChI is InChI=1S/C26H23NO5/c1-30-22-13-17-10-11-27-20(12-18-8-9-21(28)25(31-2)24(18)26(27)29)19(17)14-23(22)32-15-16-6-4-3-5-7-16/h3-9,12-14,28H,10-11,15H2,1-2H3. The van der Waals surface area contributed by atoms with Crippen molar-refractivity contribution in [3.8, 4) is 34.3 Å². The van der Waals surface area contributed by atoms with Crippen LogP contribution in [0.5, 0.6) is 23.0 Å². The Morgan fingerprint density at radius 3 is 2.53 bits per heavy atom. The molecular weight excluding hydrogens is 406 g/mol. The lowest BCUT2D eigenvalue weighted by atomic mass is 9.95. The molecule has 2 heterocycles. The first-order chi connectivity index (χ1) is 15.6. The number of phenols is 1. The average Bonchev–Trinajstić information content (AvgIpc) is 2.83. The predicted octanol–water partition coefficient (Wildman–Crippen LogP) is 4.53. The molecule has 0 aliphatic carbocycles. The zero-order valence-corrected chi connectivity index (χ0v) is 17.9. The highest BCUT2D eigenvalue weighted by molar-refractivity contribution is 5.93. The molecule has 6 heteroatoms. The van der Waals surface area contributed by atoms with Crippen molar-refractivity contribution in [1.82, 2.24) is 4.57 Å². The Labute approximate surface area is 185 Å². The summed E-state index contributed by atoms with van der Waals surface area (Å²) >= 11 is 0. The third-order valence-corrected chi connectivity index (χ3v) is 5.92. The van der Waals surface area contributed by atoms with Crippen molar-refractivity contribution in [2.75, 3.05) is 14.2 Å². The van der Waals surface area contributed by atoms with Crippen LogP contribution < -0.4 is 19.8 Å². The third kappa shape index (κ3) is 3.24. The summed E-state index contributed by atoms with van der Waals surface area (Å²) in [6, 6.07) is 19.1. The molecule has 162 valence electrons. The predicted molar refractivity (Wildman–Crippen MR) is 123 cm³/mol. The first-order valence-electron chi connectivity index (χ1n) is 10.4. The molecule has 1 aliphatic rings. The van der Waals surface area contributed by atoms with E-state index in [1.54, 1.807) is 23.8 Å². The van der Waals surface area contributed by atoms with E-state index in [4.69, 9.17) is 14.2 Å². The topological polar surface area (TPSA) is 69.9 Å². The summed E-state index contributed by atoms with van der Waals surface area (Å²) in [5.74, 6) is 1.45. The Bertz CT molecular complexity index is 1380. The maximum absolute atomic E-state index is 13.3. The molecule has 0 unspecified atom stereocenters. The Balaban J connectivity index is 1.64. The number of nitrogens with zero attached hydrogens (tertiary/aromatic N) is 1. The van der Waals surface area contributed by atoms with Crippen LogP contribution in [0.2, 0.25) is 0 Å². The number of ether oxygens (including phenoxy) is 3. The summed E-state index contributed by atoms with van der Waals surface area (Å²) in [5, 5.41) is 11.2. The summed E-state index contributed by atoms with van der Waals surface area (Å²) in [6.45, 7) is 0.945. The molecule has 0 fully saturated rings. The number of aromatic nitrogens is 1. The van der Waals surface area contributed by atoms with Gasteiger partial charge in [0.2, 0.25) is 0 Å². The molecule has 32 heavy (non-hydrogen) atoms. The normalized spacial score (nSPS) is 12.2. The maximum Gasteiger partial charge on any atom is 0.262 e. The summed E-state index contributed by atoms with van der Waals surface area (Å²) in [4.78, 5) is 13.3. The number of benzene rings is 3. The van der Waals surface area contributed by atoms with Crippen LogP contribution >= 0.6 is 0 Å². The van der Waals surface area contributed by atoms with Gasteiger partial charge in [0.25, 0.3) is 5.56 Å². The van der Waals surface area contributed by atoms with Gasteiger partial charge in [0.1, 0.15) is 6.61 Å². The van der Waals surface area contributed by atoms with Crippen molar-refractivity contribution in [2.24, 2.45) is 0 Å². The molecule has 0 radical (unpaired) electrons. The summed E-state index contributed by atoms with van der Waals surface area (Å²) in [5.41, 5.74) is 3.72. The van der Waals surface area contributed by atoms with Crippen molar-refractivity contribution >= 4 is 10.8 Å². The molecule has 4 aromatic rings. The first kappa shape index (κ1) is 20.0. The third-order valence-electron chi connectivity index (χ3n) is 5.92. The quantitative estimate of drug-likeness (QED) is 0.505. The largest absolute Gasteiger partial charge is 0.504 e. The van der Waals surface area contributed by atoms with Crippen LogP contribution in [-0.2, 0) is 19.6 Å². The lowest BCUT2D eigenvalue weighted by Crippen LogP contribution is -2.26. The number of hydrogen-bond donors (Lipinski definition) is 1. The summed E-state index contributed by atoms with van der Waals surface area (Å²) in [7, 11) is 3.08. The Hall–Kier alpha value is -3.93. The van der Waals surface area contributed by atoms with Gasteiger partial charge in [-0.25, -0.2) is 0 Å². The molecule has 1 aliphatic heterocycles. The van der Waals surface area contributed by atoms with E-state index in [0.29, 0.717) is 41.8 Å². The van der Waals surface area contributed by atoms with Crippen LogP contribution in [0.25, 0.3) is 22.0 Å². The molecule has 0 atom stereocenters.